The summed E-state index contributed by atoms with van der Waals surface area (Å²) in [4.78, 5) is 37.8. The van der Waals surface area contributed by atoms with Crippen LogP contribution in [0.4, 0.5) is 5.82 Å². The number of aryl methyl sites for hydroxylation is 1. The first-order chi connectivity index (χ1) is 14.3. The lowest BCUT2D eigenvalue weighted by molar-refractivity contribution is -0.132. The van der Waals surface area contributed by atoms with E-state index < -0.39 is 17.7 Å². The fourth-order valence-electron chi connectivity index (χ4n) is 2.52. The molecule has 0 unspecified atom stereocenters. The Morgan fingerprint density at radius 2 is 1.70 bits per heavy atom. The van der Waals surface area contributed by atoms with Crippen molar-refractivity contribution in [3.05, 3.63) is 29.5 Å². The van der Waals surface area contributed by atoms with Gasteiger partial charge in [0.05, 0.1) is 34.4 Å². The number of ether oxygens (including phenoxy) is 3. The monoisotopic (exact) mass is 420 g/mol. The van der Waals surface area contributed by atoms with E-state index in [0.717, 1.165) is 0 Å². The molecule has 2 N–H and O–H groups in total. The number of amides is 3. The molecule has 162 valence electrons. The van der Waals surface area contributed by atoms with Gasteiger partial charge in [0, 0.05) is 18.7 Å². The smallest absolute Gasteiger partial charge is 0.251 e. The van der Waals surface area contributed by atoms with Crippen molar-refractivity contribution in [2.75, 3.05) is 46.8 Å². The number of aromatic nitrogens is 1. The number of benzene rings is 1. The van der Waals surface area contributed by atoms with Crippen LogP contribution in [-0.4, -0.2) is 69.2 Å². The number of likely N-dealkylation sites (N-methyl/N-ethyl adjacent to an activating group) is 1. The third-order valence-corrected chi connectivity index (χ3v) is 4.03. The Morgan fingerprint density at radius 3 is 2.20 bits per heavy atom. The zero-order chi connectivity index (χ0) is 22.3. The minimum atomic E-state index is -0.515. The van der Waals surface area contributed by atoms with Crippen LogP contribution in [0.25, 0.3) is 0 Å². The molecule has 0 fully saturated rings. The van der Waals surface area contributed by atoms with Crippen LogP contribution in [0.3, 0.4) is 0 Å². The molecule has 2 aromatic rings. The Balaban J connectivity index is 1.93. The predicted octanol–water partition coefficient (Wildman–Crippen LogP) is 0.836. The Kier molecular flexibility index (Phi) is 7.62. The first-order valence-electron chi connectivity index (χ1n) is 8.84. The third kappa shape index (κ3) is 5.63. The summed E-state index contributed by atoms with van der Waals surface area (Å²) in [5, 5.41) is 8.66. The average Bonchev–Trinajstić information content (AvgIpc) is 3.14. The molecule has 0 saturated carbocycles. The summed E-state index contributed by atoms with van der Waals surface area (Å²) < 4.78 is 20.5. The van der Waals surface area contributed by atoms with Crippen molar-refractivity contribution in [3.63, 3.8) is 0 Å². The molecule has 0 spiro atoms. The number of rotatable bonds is 9. The molecule has 0 bridgehead atoms. The Morgan fingerprint density at radius 1 is 1.07 bits per heavy atom. The molecule has 0 aliphatic heterocycles. The second-order valence-corrected chi connectivity index (χ2v) is 6.22. The molecular formula is C19H24N4O7. The molecule has 2 rings (SSSR count). The van der Waals surface area contributed by atoms with Gasteiger partial charge >= 0.3 is 0 Å². The molecular weight excluding hydrogens is 396 g/mol. The van der Waals surface area contributed by atoms with Crippen molar-refractivity contribution in [2.45, 2.75) is 6.92 Å². The van der Waals surface area contributed by atoms with Gasteiger partial charge in [0.2, 0.25) is 17.6 Å². The number of nitrogens with one attached hydrogen (secondary N) is 2. The molecule has 0 atom stereocenters. The maximum atomic E-state index is 12.4. The van der Waals surface area contributed by atoms with Crippen LogP contribution < -0.4 is 24.8 Å². The standard InChI is InChI=1S/C19H24N4O7/c1-11-6-15(22-30-11)21-16(24)10-23(2)17(25)9-20-19(26)12-7-13(27-3)18(29-5)14(8-12)28-4/h6-8H,9-10H2,1-5H3,(H,20,26)(H,21,22,24). The largest absolute Gasteiger partial charge is 0.493 e. The molecule has 0 saturated heterocycles. The van der Waals surface area contributed by atoms with Crippen LogP contribution >= 0.6 is 0 Å². The highest BCUT2D eigenvalue weighted by atomic mass is 16.5. The molecule has 30 heavy (non-hydrogen) atoms. The van der Waals surface area contributed by atoms with E-state index in [0.29, 0.717) is 23.0 Å². The first kappa shape index (κ1) is 22.5. The summed E-state index contributed by atoms with van der Waals surface area (Å²) in [6.07, 6.45) is 0. The highest BCUT2D eigenvalue weighted by Gasteiger charge is 2.19. The van der Waals surface area contributed by atoms with Crippen LogP contribution in [0.5, 0.6) is 17.2 Å². The summed E-state index contributed by atoms with van der Waals surface area (Å²) in [5.41, 5.74) is 0.221. The Bertz CT molecular complexity index is 900. The lowest BCUT2D eigenvalue weighted by Crippen LogP contribution is -2.41. The fourth-order valence-corrected chi connectivity index (χ4v) is 2.52. The van der Waals surface area contributed by atoms with E-state index in [1.807, 2.05) is 0 Å². The zero-order valence-corrected chi connectivity index (χ0v) is 17.4. The normalized spacial score (nSPS) is 10.2. The van der Waals surface area contributed by atoms with Gasteiger partial charge < -0.3 is 34.3 Å². The quantitative estimate of drug-likeness (QED) is 0.610. The number of carbonyl (C=O) groups is 3. The lowest BCUT2D eigenvalue weighted by atomic mass is 10.1. The minimum absolute atomic E-state index is 0.217. The molecule has 1 heterocycles. The number of hydrogen-bond acceptors (Lipinski definition) is 8. The maximum absolute atomic E-state index is 12.4. The van der Waals surface area contributed by atoms with Crippen molar-refractivity contribution in [3.8, 4) is 17.2 Å². The molecule has 0 aliphatic rings. The van der Waals surface area contributed by atoms with E-state index in [1.54, 1.807) is 13.0 Å². The summed E-state index contributed by atoms with van der Waals surface area (Å²) in [5.74, 6) is 0.352. The summed E-state index contributed by atoms with van der Waals surface area (Å²) >= 11 is 0. The molecule has 0 radical (unpaired) electrons. The zero-order valence-electron chi connectivity index (χ0n) is 17.4. The topological polar surface area (TPSA) is 132 Å². The molecule has 11 heteroatoms. The number of anilines is 1. The van der Waals surface area contributed by atoms with Gasteiger partial charge in [-0.25, -0.2) is 0 Å². The van der Waals surface area contributed by atoms with Crippen molar-refractivity contribution in [2.24, 2.45) is 0 Å². The molecule has 11 nitrogen and oxygen atoms in total. The van der Waals surface area contributed by atoms with Gasteiger partial charge in [-0.05, 0) is 19.1 Å². The van der Waals surface area contributed by atoms with Crippen molar-refractivity contribution in [1.82, 2.24) is 15.4 Å². The van der Waals surface area contributed by atoms with E-state index in [-0.39, 0.29) is 24.5 Å². The van der Waals surface area contributed by atoms with Crippen molar-refractivity contribution < 1.29 is 33.1 Å². The number of nitrogens with zero attached hydrogens (tertiary/aromatic N) is 2. The van der Waals surface area contributed by atoms with Gasteiger partial charge in [0.25, 0.3) is 5.91 Å². The van der Waals surface area contributed by atoms with Crippen LogP contribution in [0.1, 0.15) is 16.1 Å². The van der Waals surface area contributed by atoms with Crippen LogP contribution in [-0.2, 0) is 9.59 Å². The van der Waals surface area contributed by atoms with Crippen LogP contribution in [0.15, 0.2) is 22.7 Å². The number of methoxy groups -OCH3 is 3. The van der Waals surface area contributed by atoms with Crippen LogP contribution in [0.2, 0.25) is 0 Å². The van der Waals surface area contributed by atoms with E-state index >= 15 is 0 Å². The summed E-state index contributed by atoms with van der Waals surface area (Å²) in [6, 6.07) is 4.49. The predicted molar refractivity (Wildman–Crippen MR) is 106 cm³/mol. The summed E-state index contributed by atoms with van der Waals surface area (Å²) in [7, 11) is 5.77. The van der Waals surface area contributed by atoms with Gasteiger partial charge in [-0.1, -0.05) is 5.16 Å². The SMILES string of the molecule is COc1cc(C(=O)NCC(=O)N(C)CC(=O)Nc2cc(C)on2)cc(OC)c1OC. The van der Waals surface area contributed by atoms with Crippen molar-refractivity contribution in [1.29, 1.82) is 0 Å². The Hall–Kier alpha value is -3.76. The Labute approximate surface area is 173 Å². The molecule has 3 amide bonds. The molecule has 0 aliphatic carbocycles. The highest BCUT2D eigenvalue weighted by molar-refractivity contribution is 5.98. The fraction of sp³-hybridized carbons (Fsp3) is 0.368. The molecule has 1 aromatic heterocycles. The summed E-state index contributed by atoms with van der Waals surface area (Å²) in [6.45, 7) is 1.17. The van der Waals surface area contributed by atoms with Gasteiger partial charge in [-0.3, -0.25) is 14.4 Å². The van der Waals surface area contributed by atoms with Gasteiger partial charge in [-0.2, -0.15) is 0 Å². The van der Waals surface area contributed by atoms with E-state index in [9.17, 15) is 14.4 Å². The second-order valence-electron chi connectivity index (χ2n) is 6.22. The molecule has 1 aromatic carbocycles. The van der Waals surface area contributed by atoms with Gasteiger partial charge in [0.15, 0.2) is 17.3 Å². The van der Waals surface area contributed by atoms with Gasteiger partial charge in [0.1, 0.15) is 5.76 Å². The second kappa shape index (κ2) is 10.1. The third-order valence-electron chi connectivity index (χ3n) is 4.03. The van der Waals surface area contributed by atoms with E-state index in [2.05, 4.69) is 15.8 Å². The number of hydrogen-bond donors (Lipinski definition) is 2. The lowest BCUT2D eigenvalue weighted by Gasteiger charge is -2.17. The van der Waals surface area contributed by atoms with E-state index in [1.165, 1.54) is 45.4 Å². The van der Waals surface area contributed by atoms with Crippen molar-refractivity contribution >= 4 is 23.5 Å². The van der Waals surface area contributed by atoms with E-state index in [4.69, 9.17) is 18.7 Å². The van der Waals surface area contributed by atoms with Crippen LogP contribution in [0, 0.1) is 6.92 Å². The average molecular weight is 420 g/mol. The van der Waals surface area contributed by atoms with Gasteiger partial charge in [-0.15, -0.1) is 0 Å². The number of carbonyl (C=O) groups excluding carboxylic acids is 3. The first-order valence-corrected chi connectivity index (χ1v) is 8.84. The minimum Gasteiger partial charge on any atom is -0.493 e. The maximum Gasteiger partial charge on any atom is 0.251 e. The highest BCUT2D eigenvalue weighted by Crippen LogP contribution is 2.38.